The largest absolute Gasteiger partial charge is 0.368 e. The maximum Gasteiger partial charge on any atom is 0.221 e. The molecule has 0 unspecified atom stereocenters. The van der Waals surface area contributed by atoms with Crippen molar-refractivity contribution >= 4 is 11.8 Å². The summed E-state index contributed by atoms with van der Waals surface area (Å²) in [4.78, 5) is 13.1. The zero-order valence-electron chi connectivity index (χ0n) is 11.6. The second-order valence-electron chi connectivity index (χ2n) is 5.01. The van der Waals surface area contributed by atoms with Gasteiger partial charge in [-0.05, 0) is 26.3 Å². The highest BCUT2D eigenvalue weighted by molar-refractivity contribution is 5.48. The fourth-order valence-corrected chi connectivity index (χ4v) is 2.60. The molecule has 0 saturated carbocycles. The van der Waals surface area contributed by atoms with Crippen molar-refractivity contribution in [3.05, 3.63) is 11.8 Å². The first kappa shape index (κ1) is 13.1. The second-order valence-corrected chi connectivity index (χ2v) is 5.01. The topological polar surface area (TPSA) is 58.3 Å². The summed E-state index contributed by atoms with van der Waals surface area (Å²) in [6.07, 6.45) is 4.18. The van der Waals surface area contributed by atoms with Gasteiger partial charge < -0.3 is 15.5 Å². The van der Waals surface area contributed by atoms with E-state index < -0.39 is 0 Å². The van der Waals surface area contributed by atoms with Gasteiger partial charge in [0.15, 0.2) is 0 Å². The Labute approximate surface area is 109 Å². The predicted molar refractivity (Wildman–Crippen MR) is 74.7 cm³/mol. The molecule has 1 fully saturated rings. The van der Waals surface area contributed by atoms with Crippen molar-refractivity contribution in [2.45, 2.75) is 32.7 Å². The third kappa shape index (κ3) is 2.72. The zero-order valence-corrected chi connectivity index (χ0v) is 11.6. The van der Waals surface area contributed by atoms with Crippen molar-refractivity contribution in [2.75, 3.05) is 37.3 Å². The molecule has 5 nitrogen and oxygen atoms in total. The number of nitrogens with zero attached hydrogens (tertiary/aromatic N) is 4. The maximum absolute atomic E-state index is 5.68. The highest BCUT2D eigenvalue weighted by Crippen LogP contribution is 2.23. The van der Waals surface area contributed by atoms with Crippen LogP contribution in [0.4, 0.5) is 11.8 Å². The Bertz CT molecular complexity index is 398. The zero-order chi connectivity index (χ0) is 13.1. The number of nitrogen functional groups attached to an aromatic ring is 1. The summed E-state index contributed by atoms with van der Waals surface area (Å²) in [5, 5.41) is 0. The number of rotatable bonds is 3. The lowest BCUT2D eigenvalue weighted by Crippen LogP contribution is -2.43. The van der Waals surface area contributed by atoms with Gasteiger partial charge in [-0.3, -0.25) is 0 Å². The van der Waals surface area contributed by atoms with Crippen molar-refractivity contribution in [2.24, 2.45) is 0 Å². The third-order valence-corrected chi connectivity index (χ3v) is 3.85. The van der Waals surface area contributed by atoms with Gasteiger partial charge in [-0.15, -0.1) is 0 Å². The molecule has 0 bridgehead atoms. The van der Waals surface area contributed by atoms with Gasteiger partial charge in [-0.2, -0.15) is 4.98 Å². The summed E-state index contributed by atoms with van der Waals surface area (Å²) >= 11 is 0. The molecule has 18 heavy (non-hydrogen) atoms. The lowest BCUT2D eigenvalue weighted by molar-refractivity contribution is 0.220. The van der Waals surface area contributed by atoms with Crippen molar-refractivity contribution in [1.29, 1.82) is 0 Å². The molecule has 1 saturated heterocycles. The number of aromatic nitrogens is 2. The molecule has 0 atom stereocenters. The van der Waals surface area contributed by atoms with E-state index in [9.17, 15) is 0 Å². The summed E-state index contributed by atoms with van der Waals surface area (Å²) in [5.41, 5.74) is 6.77. The minimum atomic E-state index is 0.355. The molecule has 2 rings (SSSR count). The summed E-state index contributed by atoms with van der Waals surface area (Å²) < 4.78 is 0. The number of anilines is 2. The fraction of sp³-hybridized carbons (Fsp3) is 0.692. The third-order valence-electron chi connectivity index (χ3n) is 3.85. The van der Waals surface area contributed by atoms with Gasteiger partial charge in [0.05, 0.1) is 0 Å². The van der Waals surface area contributed by atoms with E-state index in [1.54, 1.807) is 6.20 Å². The quantitative estimate of drug-likeness (QED) is 0.874. The number of likely N-dealkylation sites (tertiary alicyclic amines) is 1. The number of aryl methyl sites for hydroxylation is 1. The fourth-order valence-electron chi connectivity index (χ4n) is 2.60. The first-order valence-electron chi connectivity index (χ1n) is 6.66. The van der Waals surface area contributed by atoms with Crippen molar-refractivity contribution < 1.29 is 0 Å². The summed E-state index contributed by atoms with van der Waals surface area (Å²) in [6, 6.07) is 0.556. The van der Waals surface area contributed by atoms with Crippen molar-refractivity contribution in [3.63, 3.8) is 0 Å². The van der Waals surface area contributed by atoms with E-state index in [0.717, 1.165) is 17.9 Å². The van der Waals surface area contributed by atoms with Crippen LogP contribution in [0.2, 0.25) is 0 Å². The van der Waals surface area contributed by atoms with E-state index in [-0.39, 0.29) is 0 Å². The molecule has 0 spiro atoms. The van der Waals surface area contributed by atoms with E-state index in [1.807, 2.05) is 6.92 Å². The van der Waals surface area contributed by atoms with Gasteiger partial charge in [-0.25, -0.2) is 4.98 Å². The van der Waals surface area contributed by atoms with Crippen molar-refractivity contribution in [1.82, 2.24) is 14.9 Å². The van der Waals surface area contributed by atoms with Crippen LogP contribution in [0.1, 0.15) is 25.3 Å². The minimum absolute atomic E-state index is 0.355. The molecule has 0 aromatic carbocycles. The van der Waals surface area contributed by atoms with Crippen LogP contribution >= 0.6 is 0 Å². The first-order valence-corrected chi connectivity index (χ1v) is 6.66. The van der Waals surface area contributed by atoms with Crippen LogP contribution in [0.5, 0.6) is 0 Å². The molecular weight excluding hydrogens is 226 g/mol. The van der Waals surface area contributed by atoms with E-state index >= 15 is 0 Å². The standard InChI is InChI=1S/C13H23N5/c1-4-18-7-5-11(6-8-18)17(3)12-10(2)9-15-13(14)16-12/h9,11H,4-8H2,1-3H3,(H2,14,15,16). The number of hydrogen-bond acceptors (Lipinski definition) is 5. The van der Waals surface area contributed by atoms with Crippen LogP contribution in [0.3, 0.4) is 0 Å². The van der Waals surface area contributed by atoms with Crippen molar-refractivity contribution in [3.8, 4) is 0 Å². The van der Waals surface area contributed by atoms with Crippen LogP contribution in [0.15, 0.2) is 6.20 Å². The van der Waals surface area contributed by atoms with Gasteiger partial charge in [0, 0.05) is 37.9 Å². The van der Waals surface area contributed by atoms with Crippen LogP contribution in [0.25, 0.3) is 0 Å². The van der Waals surface area contributed by atoms with E-state index in [0.29, 0.717) is 12.0 Å². The van der Waals surface area contributed by atoms with E-state index in [2.05, 4.69) is 33.7 Å². The molecule has 1 aliphatic rings. The first-order chi connectivity index (χ1) is 8.61. The Morgan fingerprint density at radius 3 is 2.72 bits per heavy atom. The van der Waals surface area contributed by atoms with Crippen LogP contribution < -0.4 is 10.6 Å². The molecule has 2 heterocycles. The molecule has 1 aromatic rings. The predicted octanol–water partition coefficient (Wildman–Crippen LogP) is 1.29. The van der Waals surface area contributed by atoms with Gasteiger partial charge in [0.2, 0.25) is 5.95 Å². The molecule has 100 valence electrons. The lowest BCUT2D eigenvalue weighted by Gasteiger charge is -2.37. The van der Waals surface area contributed by atoms with Crippen LogP contribution in [0, 0.1) is 6.92 Å². The van der Waals surface area contributed by atoms with Crippen LogP contribution in [-0.4, -0.2) is 47.6 Å². The normalized spacial score (nSPS) is 17.9. The minimum Gasteiger partial charge on any atom is -0.368 e. The Balaban J connectivity index is 2.07. The van der Waals surface area contributed by atoms with Gasteiger partial charge in [0.1, 0.15) is 5.82 Å². The molecule has 5 heteroatoms. The SMILES string of the molecule is CCN1CCC(N(C)c2nc(N)ncc2C)CC1. The summed E-state index contributed by atoms with van der Waals surface area (Å²) in [7, 11) is 2.11. The molecule has 2 N–H and O–H groups in total. The van der Waals surface area contributed by atoms with Gasteiger partial charge in [-0.1, -0.05) is 6.92 Å². The highest BCUT2D eigenvalue weighted by atomic mass is 15.2. The van der Waals surface area contributed by atoms with Gasteiger partial charge >= 0.3 is 0 Å². The maximum atomic E-state index is 5.68. The molecule has 1 aromatic heterocycles. The lowest BCUT2D eigenvalue weighted by atomic mass is 10.0. The van der Waals surface area contributed by atoms with Gasteiger partial charge in [0.25, 0.3) is 0 Å². The monoisotopic (exact) mass is 249 g/mol. The highest BCUT2D eigenvalue weighted by Gasteiger charge is 2.23. The molecular formula is C13H23N5. The Kier molecular flexibility index (Phi) is 4.01. The number of piperidine rings is 1. The number of hydrogen-bond donors (Lipinski definition) is 1. The second kappa shape index (κ2) is 5.52. The average Bonchev–Trinajstić information content (AvgIpc) is 2.41. The Morgan fingerprint density at radius 2 is 2.11 bits per heavy atom. The smallest absolute Gasteiger partial charge is 0.221 e. The van der Waals surface area contributed by atoms with Crippen LogP contribution in [-0.2, 0) is 0 Å². The summed E-state index contributed by atoms with van der Waals surface area (Å²) in [5.74, 6) is 1.32. The Hall–Kier alpha value is -1.36. The molecule has 0 aliphatic carbocycles. The Morgan fingerprint density at radius 1 is 1.44 bits per heavy atom. The van der Waals surface area contributed by atoms with E-state index in [1.165, 1.54) is 25.9 Å². The molecule has 0 amide bonds. The summed E-state index contributed by atoms with van der Waals surface area (Å²) in [6.45, 7) is 7.75. The molecule has 0 radical (unpaired) electrons. The number of nitrogens with two attached hydrogens (primary N) is 1. The van der Waals surface area contributed by atoms with E-state index in [4.69, 9.17) is 5.73 Å². The molecule has 1 aliphatic heterocycles. The average molecular weight is 249 g/mol.